The van der Waals surface area contributed by atoms with Gasteiger partial charge in [0.2, 0.25) is 10.0 Å². The van der Waals surface area contributed by atoms with Gasteiger partial charge in [0.25, 0.3) is 0 Å². The van der Waals surface area contributed by atoms with Gasteiger partial charge in [0.1, 0.15) is 0 Å². The zero-order chi connectivity index (χ0) is 24.3. The normalized spacial score (nSPS) is 18.9. The fourth-order valence-corrected chi connectivity index (χ4v) is 5.01. The van der Waals surface area contributed by atoms with Crippen LogP contribution in [0.2, 0.25) is 0 Å². The standard InChI is InChI=1S/C22H31F3N6O2S/c1-34(32,33)27-21-7-10-31(26-21)17-29-13-11-28(12-14-29)16-18-5-6-19(22(23,24)25)15-20(18)30-8-3-2-4-9-30/h5-7,10,15H,2-4,8-9,11-14,16-17H2,1H3,(H,26,27). The molecule has 0 bridgehead atoms. The highest BCUT2D eigenvalue weighted by molar-refractivity contribution is 7.92. The average molecular weight is 501 g/mol. The monoisotopic (exact) mass is 500 g/mol. The molecule has 1 N–H and O–H groups in total. The highest BCUT2D eigenvalue weighted by Gasteiger charge is 2.32. The molecule has 34 heavy (non-hydrogen) atoms. The lowest BCUT2D eigenvalue weighted by molar-refractivity contribution is -0.137. The van der Waals surface area contributed by atoms with Crippen LogP contribution in [0.5, 0.6) is 0 Å². The van der Waals surface area contributed by atoms with Crippen LogP contribution in [0.25, 0.3) is 0 Å². The molecule has 0 radical (unpaired) electrons. The first-order valence-electron chi connectivity index (χ1n) is 11.5. The Kier molecular flexibility index (Phi) is 7.39. The molecule has 0 atom stereocenters. The molecule has 1 aromatic carbocycles. The van der Waals surface area contributed by atoms with Crippen molar-refractivity contribution >= 4 is 21.5 Å². The lowest BCUT2D eigenvalue weighted by atomic mass is 10.0. The third-order valence-electron chi connectivity index (χ3n) is 6.24. The number of anilines is 2. The summed E-state index contributed by atoms with van der Waals surface area (Å²) >= 11 is 0. The third kappa shape index (κ3) is 6.63. The van der Waals surface area contributed by atoms with Crippen molar-refractivity contribution in [2.75, 3.05) is 55.1 Å². The van der Waals surface area contributed by atoms with Crippen LogP contribution < -0.4 is 9.62 Å². The minimum atomic E-state index is -4.35. The van der Waals surface area contributed by atoms with E-state index in [-0.39, 0.29) is 5.82 Å². The van der Waals surface area contributed by atoms with Crippen LogP contribution in [0.1, 0.15) is 30.4 Å². The van der Waals surface area contributed by atoms with Crippen LogP contribution in [0.15, 0.2) is 30.5 Å². The first-order valence-corrected chi connectivity index (χ1v) is 13.4. The number of hydrogen-bond acceptors (Lipinski definition) is 6. The molecule has 2 aliphatic heterocycles. The summed E-state index contributed by atoms with van der Waals surface area (Å²) < 4.78 is 66.8. The van der Waals surface area contributed by atoms with E-state index < -0.39 is 21.8 Å². The SMILES string of the molecule is CS(=O)(=O)Nc1ccn(CN2CCN(Cc3ccc(C(F)(F)F)cc3N3CCCCC3)CC2)n1. The summed E-state index contributed by atoms with van der Waals surface area (Å²) in [4.78, 5) is 6.59. The Bertz CT molecular complexity index is 1070. The second kappa shape index (κ2) is 10.1. The van der Waals surface area contributed by atoms with Crippen LogP contribution in [0.4, 0.5) is 24.7 Å². The van der Waals surface area contributed by atoms with Gasteiger partial charge in [0.05, 0.1) is 18.5 Å². The zero-order valence-electron chi connectivity index (χ0n) is 19.3. The van der Waals surface area contributed by atoms with Gasteiger partial charge in [0.15, 0.2) is 5.82 Å². The number of rotatable bonds is 7. The molecule has 0 unspecified atom stereocenters. The van der Waals surface area contributed by atoms with Crippen molar-refractivity contribution < 1.29 is 21.6 Å². The molecule has 4 rings (SSSR count). The Labute approximate surface area is 198 Å². The summed E-state index contributed by atoms with van der Waals surface area (Å²) in [6.07, 6.45) is 1.59. The second-order valence-corrected chi connectivity index (χ2v) is 10.8. The molecule has 2 fully saturated rings. The number of halogens is 3. The van der Waals surface area contributed by atoms with Gasteiger partial charge in [-0.15, -0.1) is 0 Å². The number of nitrogens with zero attached hydrogens (tertiary/aromatic N) is 5. The van der Waals surface area contributed by atoms with E-state index in [9.17, 15) is 21.6 Å². The van der Waals surface area contributed by atoms with Crippen LogP contribution in [-0.4, -0.2) is 73.5 Å². The highest BCUT2D eigenvalue weighted by Crippen LogP contribution is 2.35. The molecule has 0 amide bonds. The molecular formula is C22H31F3N6O2S. The van der Waals surface area contributed by atoms with Gasteiger partial charge < -0.3 is 4.90 Å². The summed E-state index contributed by atoms with van der Waals surface area (Å²) in [7, 11) is -3.37. The van der Waals surface area contributed by atoms with E-state index in [1.807, 2.05) is 0 Å². The first-order chi connectivity index (χ1) is 16.1. The van der Waals surface area contributed by atoms with E-state index in [4.69, 9.17) is 0 Å². The number of hydrogen-bond donors (Lipinski definition) is 1. The Morgan fingerprint density at radius 1 is 0.971 bits per heavy atom. The van der Waals surface area contributed by atoms with Gasteiger partial charge in [-0.3, -0.25) is 19.2 Å². The summed E-state index contributed by atoms with van der Waals surface area (Å²) in [6.45, 7) is 5.89. The average Bonchev–Trinajstić information content (AvgIpc) is 3.20. The van der Waals surface area contributed by atoms with E-state index in [1.165, 1.54) is 12.1 Å². The summed E-state index contributed by atoms with van der Waals surface area (Å²) in [5, 5.41) is 4.24. The van der Waals surface area contributed by atoms with Crippen LogP contribution in [0.3, 0.4) is 0 Å². The maximum Gasteiger partial charge on any atom is 0.416 e. The number of piperazine rings is 1. The maximum absolute atomic E-state index is 13.4. The van der Waals surface area contributed by atoms with Crippen molar-refractivity contribution in [1.82, 2.24) is 19.6 Å². The molecule has 2 aliphatic rings. The van der Waals surface area contributed by atoms with E-state index >= 15 is 0 Å². The second-order valence-electron chi connectivity index (χ2n) is 9.04. The lowest BCUT2D eigenvalue weighted by Crippen LogP contribution is -2.46. The number of piperidine rings is 1. The number of sulfonamides is 1. The third-order valence-corrected chi connectivity index (χ3v) is 6.82. The first kappa shape index (κ1) is 24.8. The van der Waals surface area contributed by atoms with Gasteiger partial charge in [-0.05, 0) is 37.0 Å². The largest absolute Gasteiger partial charge is 0.416 e. The molecule has 3 heterocycles. The molecule has 2 aromatic rings. The Hall–Kier alpha value is -2.31. The number of aromatic nitrogens is 2. The van der Waals surface area contributed by atoms with E-state index in [1.54, 1.807) is 23.0 Å². The lowest BCUT2D eigenvalue weighted by Gasteiger charge is -2.36. The minimum absolute atomic E-state index is 0.286. The molecule has 2 saturated heterocycles. The fraction of sp³-hybridized carbons (Fsp3) is 0.591. The molecule has 188 valence electrons. The van der Waals surface area contributed by atoms with Crippen LogP contribution in [-0.2, 0) is 29.4 Å². The van der Waals surface area contributed by atoms with Gasteiger partial charge in [-0.25, -0.2) is 8.42 Å². The van der Waals surface area contributed by atoms with Crippen molar-refractivity contribution in [1.29, 1.82) is 0 Å². The van der Waals surface area contributed by atoms with Crippen molar-refractivity contribution in [2.45, 2.75) is 38.7 Å². The summed E-state index contributed by atoms with van der Waals surface area (Å²) in [6, 6.07) is 5.76. The smallest absolute Gasteiger partial charge is 0.371 e. The number of benzene rings is 1. The predicted octanol–water partition coefficient (Wildman–Crippen LogP) is 3.04. The Morgan fingerprint density at radius 2 is 1.65 bits per heavy atom. The maximum atomic E-state index is 13.4. The van der Waals surface area contributed by atoms with Crippen molar-refractivity contribution in [3.8, 4) is 0 Å². The molecule has 8 nitrogen and oxygen atoms in total. The summed E-state index contributed by atoms with van der Waals surface area (Å²) in [5.74, 6) is 0.286. The topological polar surface area (TPSA) is 73.7 Å². The molecule has 0 aliphatic carbocycles. The number of alkyl halides is 3. The van der Waals surface area contributed by atoms with Crippen LogP contribution in [0, 0.1) is 0 Å². The van der Waals surface area contributed by atoms with E-state index in [2.05, 4.69) is 24.5 Å². The van der Waals surface area contributed by atoms with Gasteiger partial charge in [-0.1, -0.05) is 6.07 Å². The van der Waals surface area contributed by atoms with E-state index in [0.717, 1.165) is 70.4 Å². The summed E-state index contributed by atoms with van der Waals surface area (Å²) in [5.41, 5.74) is 1.05. The number of nitrogens with one attached hydrogen (secondary N) is 1. The van der Waals surface area contributed by atoms with Gasteiger partial charge in [-0.2, -0.15) is 18.3 Å². The van der Waals surface area contributed by atoms with Gasteiger partial charge >= 0.3 is 6.18 Å². The molecule has 12 heteroatoms. The Balaban J connectivity index is 1.37. The Morgan fingerprint density at radius 3 is 2.29 bits per heavy atom. The van der Waals surface area contributed by atoms with Crippen LogP contribution >= 0.6 is 0 Å². The molecular weight excluding hydrogens is 469 g/mol. The molecule has 0 spiro atoms. The van der Waals surface area contributed by atoms with Gasteiger partial charge in [0, 0.05) is 63.8 Å². The predicted molar refractivity (Wildman–Crippen MR) is 125 cm³/mol. The molecule has 1 aromatic heterocycles. The van der Waals surface area contributed by atoms with Crippen molar-refractivity contribution in [3.63, 3.8) is 0 Å². The minimum Gasteiger partial charge on any atom is -0.371 e. The van der Waals surface area contributed by atoms with Crippen molar-refractivity contribution in [2.24, 2.45) is 0 Å². The van der Waals surface area contributed by atoms with Crippen molar-refractivity contribution in [3.05, 3.63) is 41.6 Å². The fourth-order valence-electron chi connectivity index (χ4n) is 4.52. The van der Waals surface area contributed by atoms with E-state index in [0.29, 0.717) is 18.9 Å². The highest BCUT2D eigenvalue weighted by atomic mass is 32.2. The quantitative estimate of drug-likeness (QED) is 0.630. The molecule has 0 saturated carbocycles. The zero-order valence-corrected chi connectivity index (χ0v) is 20.1.